The summed E-state index contributed by atoms with van der Waals surface area (Å²) in [6, 6.07) is 4.69. The molecule has 2 rings (SSSR count). The van der Waals surface area contributed by atoms with E-state index in [-0.39, 0.29) is 5.75 Å². The lowest BCUT2D eigenvalue weighted by atomic mass is 10.3. The van der Waals surface area contributed by atoms with Gasteiger partial charge in [-0.3, -0.25) is 0 Å². The third-order valence-electron chi connectivity index (χ3n) is 2.42. The van der Waals surface area contributed by atoms with Gasteiger partial charge in [0.05, 0.1) is 12.3 Å². The zero-order valence-electron chi connectivity index (χ0n) is 9.77. The van der Waals surface area contributed by atoms with Crippen LogP contribution in [0.2, 0.25) is 0 Å². The quantitative estimate of drug-likeness (QED) is 0.888. The summed E-state index contributed by atoms with van der Waals surface area (Å²) in [6.45, 7) is 4.10. The summed E-state index contributed by atoms with van der Waals surface area (Å²) < 4.78 is 20.3. The predicted octanol–water partition coefficient (Wildman–Crippen LogP) is 2.30. The number of halogens is 1. The first-order chi connectivity index (χ1) is 8.11. The van der Waals surface area contributed by atoms with Gasteiger partial charge in [0.25, 0.3) is 0 Å². The van der Waals surface area contributed by atoms with Crippen LogP contribution in [0.1, 0.15) is 12.5 Å². The third kappa shape index (κ3) is 2.22. The molecule has 0 aliphatic carbocycles. The van der Waals surface area contributed by atoms with Crippen molar-refractivity contribution in [3.05, 3.63) is 35.8 Å². The van der Waals surface area contributed by atoms with Gasteiger partial charge in [0.1, 0.15) is 5.82 Å². The topological polar surface area (TPSA) is 53.1 Å². The summed E-state index contributed by atoms with van der Waals surface area (Å²) in [4.78, 5) is 0. The average Bonchev–Trinajstić information content (AvgIpc) is 2.62. The second kappa shape index (κ2) is 4.45. The normalized spacial score (nSPS) is 10.5. The van der Waals surface area contributed by atoms with Crippen LogP contribution in [0.4, 0.5) is 10.2 Å². The minimum absolute atomic E-state index is 0.244. The minimum atomic E-state index is -0.406. The number of benzene rings is 1. The number of aromatic nitrogens is 2. The van der Waals surface area contributed by atoms with Gasteiger partial charge < -0.3 is 10.5 Å². The van der Waals surface area contributed by atoms with E-state index in [0.29, 0.717) is 18.1 Å². The van der Waals surface area contributed by atoms with E-state index in [1.54, 1.807) is 23.0 Å². The van der Waals surface area contributed by atoms with E-state index in [4.69, 9.17) is 10.5 Å². The summed E-state index contributed by atoms with van der Waals surface area (Å²) >= 11 is 0. The summed E-state index contributed by atoms with van der Waals surface area (Å²) in [5, 5.41) is 4.08. The molecule has 1 aromatic carbocycles. The molecule has 0 aliphatic rings. The molecule has 0 saturated heterocycles. The van der Waals surface area contributed by atoms with Crippen molar-refractivity contribution in [2.45, 2.75) is 13.8 Å². The molecule has 5 heteroatoms. The summed E-state index contributed by atoms with van der Waals surface area (Å²) in [6.07, 6.45) is 1.75. The molecule has 17 heavy (non-hydrogen) atoms. The highest BCUT2D eigenvalue weighted by Crippen LogP contribution is 2.21. The van der Waals surface area contributed by atoms with Crippen LogP contribution in [0, 0.1) is 12.7 Å². The maximum Gasteiger partial charge on any atom is 0.167 e. The number of ether oxygens (including phenoxy) is 1. The third-order valence-corrected chi connectivity index (χ3v) is 2.42. The van der Waals surface area contributed by atoms with Crippen molar-refractivity contribution in [1.29, 1.82) is 0 Å². The Kier molecular flexibility index (Phi) is 2.99. The van der Waals surface area contributed by atoms with E-state index in [0.717, 1.165) is 5.56 Å². The van der Waals surface area contributed by atoms with Crippen molar-refractivity contribution in [3.8, 4) is 11.4 Å². The van der Waals surface area contributed by atoms with Gasteiger partial charge in [0, 0.05) is 17.8 Å². The molecular weight excluding hydrogens is 221 g/mol. The smallest absolute Gasteiger partial charge is 0.167 e. The van der Waals surface area contributed by atoms with Crippen molar-refractivity contribution in [1.82, 2.24) is 9.78 Å². The molecule has 90 valence electrons. The standard InChI is InChI=1S/C12H14FN3O/c1-3-17-11-5-4-9(6-10(11)13)16-7-8(2)12(14)15-16/h4-7H,3H2,1-2H3,(H2,14,15). The molecule has 0 unspecified atom stereocenters. The van der Waals surface area contributed by atoms with E-state index in [1.165, 1.54) is 6.07 Å². The second-order valence-electron chi connectivity index (χ2n) is 3.69. The van der Waals surface area contributed by atoms with Gasteiger partial charge in [-0.2, -0.15) is 5.10 Å². The van der Waals surface area contributed by atoms with Gasteiger partial charge in [0.2, 0.25) is 0 Å². The zero-order chi connectivity index (χ0) is 12.4. The zero-order valence-corrected chi connectivity index (χ0v) is 9.77. The molecule has 0 amide bonds. The first kappa shape index (κ1) is 11.4. The fraction of sp³-hybridized carbons (Fsp3) is 0.250. The fourth-order valence-electron chi connectivity index (χ4n) is 1.51. The van der Waals surface area contributed by atoms with E-state index in [2.05, 4.69) is 5.10 Å². The van der Waals surface area contributed by atoms with Gasteiger partial charge in [-0.25, -0.2) is 9.07 Å². The first-order valence-corrected chi connectivity index (χ1v) is 5.36. The highest BCUT2D eigenvalue weighted by Gasteiger charge is 2.07. The number of hydrogen-bond donors (Lipinski definition) is 1. The monoisotopic (exact) mass is 235 g/mol. The lowest BCUT2D eigenvalue weighted by Crippen LogP contribution is -1.99. The maximum atomic E-state index is 13.6. The molecule has 0 spiro atoms. The van der Waals surface area contributed by atoms with Crippen LogP contribution in [0.3, 0.4) is 0 Å². The predicted molar refractivity (Wildman–Crippen MR) is 63.8 cm³/mol. The lowest BCUT2D eigenvalue weighted by molar-refractivity contribution is 0.321. The molecule has 0 saturated carbocycles. The largest absolute Gasteiger partial charge is 0.491 e. The molecule has 0 aliphatic heterocycles. The van der Waals surface area contributed by atoms with Crippen LogP contribution in [-0.4, -0.2) is 16.4 Å². The van der Waals surface area contributed by atoms with Crippen molar-refractivity contribution < 1.29 is 9.13 Å². The molecule has 1 aromatic heterocycles. The van der Waals surface area contributed by atoms with E-state index >= 15 is 0 Å². The number of hydrogen-bond acceptors (Lipinski definition) is 3. The molecule has 2 aromatic rings. The molecular formula is C12H14FN3O. The minimum Gasteiger partial charge on any atom is -0.491 e. The molecule has 4 nitrogen and oxygen atoms in total. The fourth-order valence-corrected chi connectivity index (χ4v) is 1.51. The lowest BCUT2D eigenvalue weighted by Gasteiger charge is -2.06. The molecule has 0 bridgehead atoms. The van der Waals surface area contributed by atoms with Crippen molar-refractivity contribution in [2.75, 3.05) is 12.3 Å². The second-order valence-corrected chi connectivity index (χ2v) is 3.69. The molecule has 0 atom stereocenters. The highest BCUT2D eigenvalue weighted by molar-refractivity contribution is 5.43. The number of aryl methyl sites for hydroxylation is 1. The van der Waals surface area contributed by atoms with Crippen LogP contribution in [0.5, 0.6) is 5.75 Å². The van der Waals surface area contributed by atoms with E-state index in [9.17, 15) is 4.39 Å². The Morgan fingerprint density at radius 3 is 2.76 bits per heavy atom. The van der Waals surface area contributed by atoms with Crippen molar-refractivity contribution in [2.24, 2.45) is 0 Å². The van der Waals surface area contributed by atoms with Crippen LogP contribution in [0.15, 0.2) is 24.4 Å². The van der Waals surface area contributed by atoms with Gasteiger partial charge in [-0.15, -0.1) is 0 Å². The average molecular weight is 235 g/mol. The van der Waals surface area contributed by atoms with Gasteiger partial charge in [0.15, 0.2) is 11.6 Å². The first-order valence-electron chi connectivity index (χ1n) is 5.36. The van der Waals surface area contributed by atoms with Crippen LogP contribution < -0.4 is 10.5 Å². The number of nitrogens with zero attached hydrogens (tertiary/aromatic N) is 2. The Labute approximate surface area is 98.8 Å². The van der Waals surface area contributed by atoms with Crippen molar-refractivity contribution >= 4 is 5.82 Å². The van der Waals surface area contributed by atoms with Crippen molar-refractivity contribution in [3.63, 3.8) is 0 Å². The van der Waals surface area contributed by atoms with Crippen LogP contribution in [0.25, 0.3) is 5.69 Å². The van der Waals surface area contributed by atoms with Crippen LogP contribution in [-0.2, 0) is 0 Å². The van der Waals surface area contributed by atoms with Gasteiger partial charge in [-0.1, -0.05) is 0 Å². The SMILES string of the molecule is CCOc1ccc(-n2cc(C)c(N)n2)cc1F. The summed E-state index contributed by atoms with van der Waals surface area (Å²) in [5.74, 6) is 0.281. The summed E-state index contributed by atoms with van der Waals surface area (Å²) in [7, 11) is 0. The molecule has 0 radical (unpaired) electrons. The highest BCUT2D eigenvalue weighted by atomic mass is 19.1. The Morgan fingerprint density at radius 1 is 1.47 bits per heavy atom. The number of rotatable bonds is 3. The number of nitrogen functional groups attached to an aromatic ring is 1. The molecule has 2 N–H and O–H groups in total. The Hall–Kier alpha value is -2.04. The Morgan fingerprint density at radius 2 is 2.24 bits per heavy atom. The summed E-state index contributed by atoms with van der Waals surface area (Å²) in [5.41, 5.74) is 7.12. The Balaban J connectivity index is 2.37. The number of anilines is 1. The van der Waals surface area contributed by atoms with Gasteiger partial charge in [-0.05, 0) is 26.0 Å². The Bertz CT molecular complexity index is 517. The number of nitrogens with two attached hydrogens (primary N) is 1. The van der Waals surface area contributed by atoms with Gasteiger partial charge >= 0.3 is 0 Å². The van der Waals surface area contributed by atoms with E-state index < -0.39 is 5.82 Å². The van der Waals surface area contributed by atoms with E-state index in [1.807, 2.05) is 13.8 Å². The molecule has 1 heterocycles. The maximum absolute atomic E-state index is 13.6. The molecule has 0 fully saturated rings. The van der Waals surface area contributed by atoms with Crippen LogP contribution >= 0.6 is 0 Å².